The SMILES string of the molecule is C=CCn1c(SCc2csc(-c3cccc(C)c3)n2)nnc1-c1cccc(N(C)C)c1. The molecule has 2 aromatic carbocycles. The normalized spacial score (nSPS) is 10.9. The van der Waals surface area contributed by atoms with Crippen LogP contribution < -0.4 is 4.90 Å². The molecule has 0 aliphatic heterocycles. The highest BCUT2D eigenvalue weighted by Gasteiger charge is 2.15. The number of benzene rings is 2. The lowest BCUT2D eigenvalue weighted by atomic mass is 10.1. The molecular weight excluding hydrogens is 422 g/mol. The molecular formula is C24H25N5S2. The Morgan fingerprint density at radius 3 is 2.68 bits per heavy atom. The van der Waals surface area contributed by atoms with Gasteiger partial charge in [0, 0.05) is 48.6 Å². The van der Waals surface area contributed by atoms with Crippen LogP contribution in [0.5, 0.6) is 0 Å². The second-order valence-corrected chi connectivity index (χ2v) is 9.25. The molecule has 0 saturated heterocycles. The molecule has 0 atom stereocenters. The molecule has 0 N–H and O–H groups in total. The average Bonchev–Trinajstić information content (AvgIpc) is 3.40. The molecule has 0 radical (unpaired) electrons. The van der Waals surface area contributed by atoms with Crippen LogP contribution in [0.3, 0.4) is 0 Å². The molecule has 0 saturated carbocycles. The highest BCUT2D eigenvalue weighted by Crippen LogP contribution is 2.30. The fourth-order valence-electron chi connectivity index (χ4n) is 3.25. The summed E-state index contributed by atoms with van der Waals surface area (Å²) >= 11 is 3.33. The molecule has 4 aromatic rings. The van der Waals surface area contributed by atoms with E-state index in [9.17, 15) is 0 Å². The minimum atomic E-state index is 0.655. The molecule has 158 valence electrons. The number of aromatic nitrogens is 4. The van der Waals surface area contributed by atoms with Gasteiger partial charge >= 0.3 is 0 Å². The van der Waals surface area contributed by atoms with Gasteiger partial charge in [0.05, 0.1) is 5.69 Å². The van der Waals surface area contributed by atoms with Crippen molar-refractivity contribution in [2.75, 3.05) is 19.0 Å². The van der Waals surface area contributed by atoms with Crippen molar-refractivity contribution in [1.29, 1.82) is 0 Å². The van der Waals surface area contributed by atoms with Crippen molar-refractivity contribution in [2.45, 2.75) is 24.4 Å². The minimum Gasteiger partial charge on any atom is -0.378 e. The van der Waals surface area contributed by atoms with Crippen molar-refractivity contribution in [3.05, 3.63) is 77.8 Å². The van der Waals surface area contributed by atoms with Crippen LogP contribution in [0.2, 0.25) is 0 Å². The van der Waals surface area contributed by atoms with Gasteiger partial charge in [0.15, 0.2) is 11.0 Å². The number of nitrogens with zero attached hydrogens (tertiary/aromatic N) is 5. The van der Waals surface area contributed by atoms with Crippen LogP contribution in [0, 0.1) is 6.92 Å². The zero-order valence-corrected chi connectivity index (χ0v) is 19.6. The Balaban J connectivity index is 1.54. The van der Waals surface area contributed by atoms with Crippen LogP contribution in [0.25, 0.3) is 22.0 Å². The van der Waals surface area contributed by atoms with Gasteiger partial charge in [0.25, 0.3) is 0 Å². The van der Waals surface area contributed by atoms with Crippen molar-refractivity contribution in [1.82, 2.24) is 19.7 Å². The number of rotatable bonds is 8. The number of aryl methyl sites for hydroxylation is 1. The molecule has 31 heavy (non-hydrogen) atoms. The topological polar surface area (TPSA) is 46.8 Å². The number of thiazole rings is 1. The number of thioether (sulfide) groups is 1. The van der Waals surface area contributed by atoms with Crippen LogP contribution in [0.15, 0.2) is 71.7 Å². The monoisotopic (exact) mass is 447 g/mol. The lowest BCUT2D eigenvalue weighted by Gasteiger charge is -2.14. The maximum atomic E-state index is 4.82. The van der Waals surface area contributed by atoms with Gasteiger partial charge in [-0.25, -0.2) is 4.98 Å². The Morgan fingerprint density at radius 2 is 1.90 bits per heavy atom. The summed E-state index contributed by atoms with van der Waals surface area (Å²) in [6.07, 6.45) is 1.88. The zero-order valence-electron chi connectivity index (χ0n) is 17.9. The lowest BCUT2D eigenvalue weighted by Crippen LogP contribution is -2.08. The Hall–Kier alpha value is -2.90. The first-order valence-electron chi connectivity index (χ1n) is 10.0. The minimum absolute atomic E-state index is 0.655. The van der Waals surface area contributed by atoms with E-state index in [-0.39, 0.29) is 0 Å². The third kappa shape index (κ3) is 4.89. The fourth-order valence-corrected chi connectivity index (χ4v) is 5.01. The second kappa shape index (κ2) is 9.49. The number of hydrogen-bond donors (Lipinski definition) is 0. The van der Waals surface area contributed by atoms with E-state index in [0.717, 1.165) is 38.7 Å². The Bertz CT molecular complexity index is 1190. The van der Waals surface area contributed by atoms with Crippen LogP contribution in [-0.2, 0) is 12.3 Å². The highest BCUT2D eigenvalue weighted by atomic mass is 32.2. The van der Waals surface area contributed by atoms with Crippen LogP contribution in [-0.4, -0.2) is 33.8 Å². The van der Waals surface area contributed by atoms with Gasteiger partial charge in [-0.3, -0.25) is 4.57 Å². The van der Waals surface area contributed by atoms with Crippen molar-refractivity contribution >= 4 is 28.8 Å². The standard InChI is InChI=1S/C24H25N5S2/c1-5-12-29-22(18-9-7-11-21(14-18)28(3)4)26-27-24(29)31-16-20-15-30-23(25-20)19-10-6-8-17(2)13-19/h5-11,13-15H,1,12,16H2,2-4H3. The molecule has 2 aromatic heterocycles. The van der Waals surface area contributed by atoms with E-state index >= 15 is 0 Å². The van der Waals surface area contributed by atoms with E-state index in [1.165, 1.54) is 11.1 Å². The van der Waals surface area contributed by atoms with E-state index in [1.807, 2.05) is 26.2 Å². The molecule has 0 unspecified atom stereocenters. The molecule has 0 aliphatic carbocycles. The van der Waals surface area contributed by atoms with E-state index < -0.39 is 0 Å². The predicted molar refractivity (Wildman–Crippen MR) is 132 cm³/mol. The molecule has 7 heteroatoms. The largest absolute Gasteiger partial charge is 0.378 e. The van der Waals surface area contributed by atoms with Crippen LogP contribution >= 0.6 is 23.1 Å². The quantitative estimate of drug-likeness (QED) is 0.248. The molecule has 0 bridgehead atoms. The Morgan fingerprint density at radius 1 is 1.10 bits per heavy atom. The van der Waals surface area contributed by atoms with Gasteiger partial charge in [0.1, 0.15) is 5.01 Å². The maximum Gasteiger partial charge on any atom is 0.192 e. The van der Waals surface area contributed by atoms with Crippen LogP contribution in [0.4, 0.5) is 5.69 Å². The maximum absolute atomic E-state index is 4.82. The Kier molecular flexibility index (Phi) is 6.53. The van der Waals surface area contributed by atoms with Crippen molar-refractivity contribution in [2.24, 2.45) is 0 Å². The third-order valence-electron chi connectivity index (χ3n) is 4.82. The number of allylic oxidation sites excluding steroid dienone is 1. The molecule has 4 rings (SSSR count). The average molecular weight is 448 g/mol. The van der Waals surface area contributed by atoms with E-state index in [2.05, 4.69) is 81.0 Å². The summed E-state index contributed by atoms with van der Waals surface area (Å²) < 4.78 is 2.11. The first kappa shape index (κ1) is 21.3. The first-order valence-corrected chi connectivity index (χ1v) is 11.9. The summed E-state index contributed by atoms with van der Waals surface area (Å²) in [5.41, 5.74) is 5.63. The summed E-state index contributed by atoms with van der Waals surface area (Å²) in [5, 5.41) is 13.0. The van der Waals surface area contributed by atoms with Crippen molar-refractivity contribution in [3.63, 3.8) is 0 Å². The lowest BCUT2D eigenvalue weighted by molar-refractivity contribution is 0.731. The summed E-state index contributed by atoms with van der Waals surface area (Å²) in [6.45, 7) is 6.67. The molecule has 5 nitrogen and oxygen atoms in total. The molecule has 0 fully saturated rings. The molecule has 0 amide bonds. The summed E-state index contributed by atoms with van der Waals surface area (Å²) in [7, 11) is 4.07. The number of hydrogen-bond acceptors (Lipinski definition) is 6. The smallest absolute Gasteiger partial charge is 0.192 e. The summed E-state index contributed by atoms with van der Waals surface area (Å²) in [5.74, 6) is 1.60. The first-order chi connectivity index (χ1) is 15.0. The third-order valence-corrected chi connectivity index (χ3v) is 6.76. The van der Waals surface area contributed by atoms with Gasteiger partial charge in [-0.05, 0) is 25.1 Å². The van der Waals surface area contributed by atoms with E-state index in [4.69, 9.17) is 4.98 Å². The van der Waals surface area contributed by atoms with E-state index in [0.29, 0.717) is 6.54 Å². The van der Waals surface area contributed by atoms with E-state index in [1.54, 1.807) is 23.1 Å². The predicted octanol–water partition coefficient (Wildman–Crippen LogP) is 5.92. The van der Waals surface area contributed by atoms with Gasteiger partial charge in [-0.2, -0.15) is 0 Å². The Labute approximate surface area is 191 Å². The highest BCUT2D eigenvalue weighted by molar-refractivity contribution is 7.98. The van der Waals surface area contributed by atoms with Gasteiger partial charge in [-0.1, -0.05) is 53.7 Å². The molecule has 2 heterocycles. The van der Waals surface area contributed by atoms with Crippen molar-refractivity contribution in [3.8, 4) is 22.0 Å². The molecule has 0 spiro atoms. The van der Waals surface area contributed by atoms with Crippen LogP contribution in [0.1, 0.15) is 11.3 Å². The van der Waals surface area contributed by atoms with Crippen molar-refractivity contribution < 1.29 is 0 Å². The van der Waals surface area contributed by atoms with Gasteiger partial charge in [0.2, 0.25) is 0 Å². The number of anilines is 1. The second-order valence-electron chi connectivity index (χ2n) is 7.45. The van der Waals surface area contributed by atoms with Gasteiger partial charge in [-0.15, -0.1) is 28.1 Å². The summed E-state index contributed by atoms with van der Waals surface area (Å²) in [6, 6.07) is 16.8. The summed E-state index contributed by atoms with van der Waals surface area (Å²) in [4.78, 5) is 6.91. The zero-order chi connectivity index (χ0) is 21.8. The molecule has 0 aliphatic rings. The van der Waals surface area contributed by atoms with Gasteiger partial charge < -0.3 is 4.90 Å². The fraction of sp³-hybridized carbons (Fsp3) is 0.208.